The Morgan fingerprint density at radius 2 is 2.00 bits per heavy atom. The van der Waals surface area contributed by atoms with Gasteiger partial charge in [-0.2, -0.15) is 9.36 Å². The van der Waals surface area contributed by atoms with Gasteiger partial charge in [-0.15, -0.1) is 0 Å². The number of nitrogens with zero attached hydrogens (tertiary/aromatic N) is 4. The molecule has 5 heteroatoms. The number of benzene rings is 1. The Morgan fingerprint density at radius 3 is 2.67 bits per heavy atom. The highest BCUT2D eigenvalue weighted by atomic mass is 32.1. The maximum absolute atomic E-state index is 4.65. The molecule has 0 N–H and O–H groups in total. The first-order chi connectivity index (χ1) is 10.1. The van der Waals surface area contributed by atoms with Gasteiger partial charge in [0.1, 0.15) is 0 Å². The molecule has 2 heterocycles. The zero-order valence-electron chi connectivity index (χ0n) is 12.9. The summed E-state index contributed by atoms with van der Waals surface area (Å²) in [5, 5.41) is 1.04. The van der Waals surface area contributed by atoms with Crippen LogP contribution >= 0.6 is 11.5 Å². The standard InChI is InChI=1S/C16H22N4S/c1-16(13-8-5-4-6-9-13)10-7-11-20(12-16)15-17-14(18-21-15)19(2)3/h4-6,8-9H,7,10-12H2,1-3H3/t16-/m0/s1. The van der Waals surface area contributed by atoms with Gasteiger partial charge >= 0.3 is 0 Å². The molecule has 0 aliphatic carbocycles. The van der Waals surface area contributed by atoms with Crippen molar-refractivity contribution in [2.45, 2.75) is 25.2 Å². The number of rotatable bonds is 3. The Kier molecular flexibility index (Phi) is 3.85. The van der Waals surface area contributed by atoms with Crippen LogP contribution < -0.4 is 9.80 Å². The molecule has 2 aromatic rings. The number of hydrogen-bond donors (Lipinski definition) is 0. The summed E-state index contributed by atoms with van der Waals surface area (Å²) >= 11 is 1.50. The lowest BCUT2D eigenvalue weighted by atomic mass is 9.76. The van der Waals surface area contributed by atoms with E-state index >= 15 is 0 Å². The summed E-state index contributed by atoms with van der Waals surface area (Å²) < 4.78 is 4.43. The smallest absolute Gasteiger partial charge is 0.238 e. The second kappa shape index (κ2) is 5.64. The first-order valence-corrected chi connectivity index (χ1v) is 8.17. The molecule has 1 aromatic heterocycles. The van der Waals surface area contributed by atoms with Crippen molar-refractivity contribution in [2.75, 3.05) is 37.0 Å². The highest BCUT2D eigenvalue weighted by molar-refractivity contribution is 7.09. The number of anilines is 2. The van der Waals surface area contributed by atoms with E-state index in [2.05, 4.69) is 51.5 Å². The fraction of sp³-hybridized carbons (Fsp3) is 0.500. The summed E-state index contributed by atoms with van der Waals surface area (Å²) in [6.45, 7) is 4.45. The van der Waals surface area contributed by atoms with E-state index in [1.165, 1.54) is 29.9 Å². The molecule has 112 valence electrons. The SMILES string of the molecule is CN(C)c1nsc(N2CCC[C@](C)(c3ccccc3)C2)n1. The molecule has 0 radical (unpaired) electrons. The van der Waals surface area contributed by atoms with Crippen LogP contribution in [-0.2, 0) is 5.41 Å². The summed E-state index contributed by atoms with van der Waals surface area (Å²) in [6, 6.07) is 10.8. The average molecular weight is 302 g/mol. The van der Waals surface area contributed by atoms with Crippen LogP contribution in [0.25, 0.3) is 0 Å². The molecule has 3 rings (SSSR count). The quantitative estimate of drug-likeness (QED) is 0.872. The monoisotopic (exact) mass is 302 g/mol. The highest BCUT2D eigenvalue weighted by Gasteiger charge is 2.33. The van der Waals surface area contributed by atoms with Crippen LogP contribution in [0.1, 0.15) is 25.3 Å². The molecule has 1 aliphatic rings. The van der Waals surface area contributed by atoms with Crippen molar-refractivity contribution in [3.05, 3.63) is 35.9 Å². The van der Waals surface area contributed by atoms with Gasteiger partial charge in [-0.3, -0.25) is 0 Å². The molecule has 1 saturated heterocycles. The average Bonchev–Trinajstić information content (AvgIpc) is 2.98. The Hall–Kier alpha value is -1.62. The highest BCUT2D eigenvalue weighted by Crippen LogP contribution is 2.36. The lowest BCUT2D eigenvalue weighted by Crippen LogP contribution is -2.44. The number of hydrogen-bond acceptors (Lipinski definition) is 5. The molecule has 0 spiro atoms. The number of piperidine rings is 1. The third-order valence-corrected chi connectivity index (χ3v) is 5.01. The van der Waals surface area contributed by atoms with Gasteiger partial charge in [-0.05, 0) is 18.4 Å². The van der Waals surface area contributed by atoms with Crippen LogP contribution in [0.2, 0.25) is 0 Å². The van der Waals surface area contributed by atoms with Gasteiger partial charge in [0.25, 0.3) is 0 Å². The van der Waals surface area contributed by atoms with E-state index in [-0.39, 0.29) is 5.41 Å². The molecule has 0 bridgehead atoms. The van der Waals surface area contributed by atoms with E-state index in [0.717, 1.165) is 24.2 Å². The molecular weight excluding hydrogens is 280 g/mol. The van der Waals surface area contributed by atoms with Gasteiger partial charge < -0.3 is 9.80 Å². The second-order valence-corrected chi connectivity index (χ2v) is 6.95. The molecule has 0 unspecified atom stereocenters. The molecule has 1 fully saturated rings. The Morgan fingerprint density at radius 1 is 1.24 bits per heavy atom. The predicted molar refractivity (Wildman–Crippen MR) is 89.5 cm³/mol. The van der Waals surface area contributed by atoms with Gasteiger partial charge in [0.05, 0.1) is 0 Å². The van der Waals surface area contributed by atoms with Crippen LogP contribution in [-0.4, -0.2) is 36.5 Å². The van der Waals surface area contributed by atoms with Gasteiger partial charge in [0.15, 0.2) is 0 Å². The first-order valence-electron chi connectivity index (χ1n) is 7.40. The van der Waals surface area contributed by atoms with Gasteiger partial charge in [-0.25, -0.2) is 0 Å². The Labute approximate surface area is 130 Å². The fourth-order valence-corrected chi connectivity index (χ4v) is 3.76. The summed E-state index contributed by atoms with van der Waals surface area (Å²) in [6.07, 6.45) is 2.43. The minimum absolute atomic E-state index is 0.198. The summed E-state index contributed by atoms with van der Waals surface area (Å²) in [7, 11) is 3.96. The molecule has 4 nitrogen and oxygen atoms in total. The summed E-state index contributed by atoms with van der Waals surface area (Å²) in [5.41, 5.74) is 1.62. The van der Waals surface area contributed by atoms with Crippen molar-refractivity contribution >= 4 is 22.6 Å². The third kappa shape index (κ3) is 2.88. The van der Waals surface area contributed by atoms with Crippen molar-refractivity contribution in [1.29, 1.82) is 0 Å². The van der Waals surface area contributed by atoms with Crippen LogP contribution in [0.15, 0.2) is 30.3 Å². The fourth-order valence-electron chi connectivity index (χ4n) is 3.00. The van der Waals surface area contributed by atoms with Gasteiger partial charge in [0, 0.05) is 44.1 Å². The molecular formula is C16H22N4S. The van der Waals surface area contributed by atoms with Crippen LogP contribution in [0, 0.1) is 0 Å². The third-order valence-electron chi connectivity index (χ3n) is 4.24. The van der Waals surface area contributed by atoms with Crippen LogP contribution in [0.3, 0.4) is 0 Å². The minimum Gasteiger partial charge on any atom is -0.346 e. The van der Waals surface area contributed by atoms with E-state index in [9.17, 15) is 0 Å². The summed E-state index contributed by atoms with van der Waals surface area (Å²) in [5.74, 6) is 0.807. The molecule has 1 aliphatic heterocycles. The molecule has 1 aromatic carbocycles. The first kappa shape index (κ1) is 14.3. The topological polar surface area (TPSA) is 32.3 Å². The maximum atomic E-state index is 4.65. The van der Waals surface area contributed by atoms with E-state index in [4.69, 9.17) is 0 Å². The normalized spacial score (nSPS) is 22.3. The van der Waals surface area contributed by atoms with Crippen LogP contribution in [0.4, 0.5) is 11.1 Å². The van der Waals surface area contributed by atoms with Crippen molar-refractivity contribution in [3.63, 3.8) is 0 Å². The summed E-state index contributed by atoms with van der Waals surface area (Å²) in [4.78, 5) is 9.00. The molecule has 0 saturated carbocycles. The molecule has 21 heavy (non-hydrogen) atoms. The maximum Gasteiger partial charge on any atom is 0.238 e. The van der Waals surface area contributed by atoms with Crippen molar-refractivity contribution in [1.82, 2.24) is 9.36 Å². The molecule has 0 amide bonds. The van der Waals surface area contributed by atoms with E-state index in [1.807, 2.05) is 19.0 Å². The van der Waals surface area contributed by atoms with E-state index in [1.54, 1.807) is 0 Å². The number of aromatic nitrogens is 2. The Balaban J connectivity index is 1.82. The van der Waals surface area contributed by atoms with Crippen molar-refractivity contribution in [2.24, 2.45) is 0 Å². The van der Waals surface area contributed by atoms with Crippen molar-refractivity contribution < 1.29 is 0 Å². The zero-order valence-corrected chi connectivity index (χ0v) is 13.7. The lowest BCUT2D eigenvalue weighted by molar-refractivity contribution is 0.373. The predicted octanol–water partition coefficient (Wildman–Crippen LogP) is 3.16. The zero-order chi connectivity index (χ0) is 14.9. The van der Waals surface area contributed by atoms with Gasteiger partial charge in [-0.1, -0.05) is 37.3 Å². The minimum atomic E-state index is 0.198. The van der Waals surface area contributed by atoms with Gasteiger partial charge in [0.2, 0.25) is 11.1 Å². The largest absolute Gasteiger partial charge is 0.346 e. The lowest BCUT2D eigenvalue weighted by Gasteiger charge is -2.40. The van der Waals surface area contributed by atoms with E-state index < -0.39 is 0 Å². The molecule has 1 atom stereocenters. The van der Waals surface area contributed by atoms with E-state index in [0.29, 0.717) is 0 Å². The van der Waals surface area contributed by atoms with Crippen molar-refractivity contribution in [3.8, 4) is 0 Å². The van der Waals surface area contributed by atoms with Crippen LogP contribution in [0.5, 0.6) is 0 Å². The Bertz CT molecular complexity index is 595. The second-order valence-electron chi connectivity index (χ2n) is 6.22.